The van der Waals surface area contributed by atoms with Crippen LogP contribution in [0.3, 0.4) is 0 Å². The van der Waals surface area contributed by atoms with Crippen molar-refractivity contribution in [1.82, 2.24) is 9.88 Å². The first-order valence-corrected chi connectivity index (χ1v) is 8.09. The van der Waals surface area contributed by atoms with Gasteiger partial charge in [-0.3, -0.25) is 9.78 Å². The average Bonchev–Trinajstić information content (AvgIpc) is 2.93. The first kappa shape index (κ1) is 14.5. The SMILES string of the molecule is Cc1cccnc1C(=O)N1CCCCC1C1CCCC1O. The molecule has 0 spiro atoms. The van der Waals surface area contributed by atoms with Crippen molar-refractivity contribution in [2.75, 3.05) is 6.54 Å². The maximum Gasteiger partial charge on any atom is 0.272 e. The van der Waals surface area contributed by atoms with Gasteiger partial charge >= 0.3 is 0 Å². The summed E-state index contributed by atoms with van der Waals surface area (Å²) in [6.45, 7) is 2.73. The van der Waals surface area contributed by atoms with Gasteiger partial charge in [0.25, 0.3) is 5.91 Å². The van der Waals surface area contributed by atoms with Crippen LogP contribution in [0.2, 0.25) is 0 Å². The van der Waals surface area contributed by atoms with E-state index in [0.717, 1.165) is 50.6 Å². The van der Waals surface area contributed by atoms with Gasteiger partial charge in [-0.15, -0.1) is 0 Å². The first-order valence-electron chi connectivity index (χ1n) is 8.09. The van der Waals surface area contributed by atoms with Crippen LogP contribution < -0.4 is 0 Å². The number of piperidine rings is 1. The zero-order valence-electron chi connectivity index (χ0n) is 12.7. The molecule has 0 aromatic carbocycles. The van der Waals surface area contributed by atoms with Crippen LogP contribution in [-0.4, -0.2) is 39.6 Å². The maximum absolute atomic E-state index is 12.9. The third-order valence-electron chi connectivity index (χ3n) is 5.05. The number of hydrogen-bond acceptors (Lipinski definition) is 3. The van der Waals surface area contributed by atoms with Crippen molar-refractivity contribution in [2.45, 2.75) is 57.6 Å². The average molecular weight is 288 g/mol. The number of likely N-dealkylation sites (tertiary alicyclic amines) is 1. The second kappa shape index (κ2) is 6.14. The summed E-state index contributed by atoms with van der Waals surface area (Å²) in [5, 5.41) is 10.2. The van der Waals surface area contributed by atoms with Crippen LogP contribution in [0.1, 0.15) is 54.6 Å². The minimum atomic E-state index is -0.242. The molecule has 1 amide bonds. The maximum atomic E-state index is 12.9. The molecule has 2 heterocycles. The minimum absolute atomic E-state index is 0.0388. The summed E-state index contributed by atoms with van der Waals surface area (Å²) < 4.78 is 0. The molecule has 1 saturated carbocycles. The Labute approximate surface area is 126 Å². The molecule has 1 aliphatic heterocycles. The highest BCUT2D eigenvalue weighted by Crippen LogP contribution is 2.35. The van der Waals surface area contributed by atoms with Gasteiger partial charge in [-0.05, 0) is 50.7 Å². The van der Waals surface area contributed by atoms with Crippen molar-refractivity contribution >= 4 is 5.91 Å². The van der Waals surface area contributed by atoms with Crippen LogP contribution in [0.25, 0.3) is 0 Å². The van der Waals surface area contributed by atoms with Gasteiger partial charge in [0.1, 0.15) is 5.69 Å². The summed E-state index contributed by atoms with van der Waals surface area (Å²) in [6.07, 6.45) is 7.65. The lowest BCUT2D eigenvalue weighted by atomic mass is 9.87. The highest BCUT2D eigenvalue weighted by molar-refractivity contribution is 5.94. The lowest BCUT2D eigenvalue weighted by Gasteiger charge is -2.40. The number of amides is 1. The Morgan fingerprint density at radius 3 is 2.86 bits per heavy atom. The summed E-state index contributed by atoms with van der Waals surface area (Å²) in [4.78, 5) is 19.1. The number of nitrogens with zero attached hydrogens (tertiary/aromatic N) is 2. The van der Waals surface area contributed by atoms with Crippen LogP contribution >= 0.6 is 0 Å². The van der Waals surface area contributed by atoms with E-state index in [2.05, 4.69) is 4.98 Å². The molecule has 2 aliphatic rings. The fourth-order valence-electron chi connectivity index (χ4n) is 3.92. The molecule has 1 aliphatic carbocycles. The molecule has 3 atom stereocenters. The molecule has 2 fully saturated rings. The molecular weight excluding hydrogens is 264 g/mol. The van der Waals surface area contributed by atoms with Crippen LogP contribution in [0.15, 0.2) is 18.3 Å². The normalized spacial score (nSPS) is 29.6. The lowest BCUT2D eigenvalue weighted by Crippen LogP contribution is -2.49. The molecule has 1 saturated heterocycles. The van der Waals surface area contributed by atoms with Crippen molar-refractivity contribution < 1.29 is 9.90 Å². The molecule has 3 rings (SSSR count). The number of aryl methyl sites for hydroxylation is 1. The Morgan fingerprint density at radius 1 is 1.29 bits per heavy atom. The van der Waals surface area contributed by atoms with E-state index < -0.39 is 0 Å². The van der Waals surface area contributed by atoms with E-state index in [1.54, 1.807) is 6.20 Å². The van der Waals surface area contributed by atoms with Crippen molar-refractivity contribution in [3.05, 3.63) is 29.6 Å². The topological polar surface area (TPSA) is 53.4 Å². The largest absolute Gasteiger partial charge is 0.393 e. The van der Waals surface area contributed by atoms with E-state index in [9.17, 15) is 9.90 Å². The Kier molecular flexibility index (Phi) is 4.24. The zero-order valence-corrected chi connectivity index (χ0v) is 12.7. The third-order valence-corrected chi connectivity index (χ3v) is 5.05. The van der Waals surface area contributed by atoms with E-state index in [-0.39, 0.29) is 24.0 Å². The molecule has 114 valence electrons. The number of pyridine rings is 1. The van der Waals surface area contributed by atoms with E-state index in [1.807, 2.05) is 24.0 Å². The number of rotatable bonds is 2. The van der Waals surface area contributed by atoms with Gasteiger partial charge in [-0.2, -0.15) is 0 Å². The Morgan fingerprint density at radius 2 is 2.14 bits per heavy atom. The molecular formula is C17H24N2O2. The number of aliphatic hydroxyl groups is 1. The number of aliphatic hydroxyl groups excluding tert-OH is 1. The molecule has 1 aromatic rings. The predicted molar refractivity (Wildman–Crippen MR) is 81.0 cm³/mol. The van der Waals surface area contributed by atoms with Crippen LogP contribution in [0, 0.1) is 12.8 Å². The van der Waals surface area contributed by atoms with E-state index in [1.165, 1.54) is 0 Å². The first-order chi connectivity index (χ1) is 10.2. The number of carbonyl (C=O) groups is 1. The van der Waals surface area contributed by atoms with Gasteiger partial charge in [-0.1, -0.05) is 12.5 Å². The molecule has 3 unspecified atom stereocenters. The second-order valence-electron chi connectivity index (χ2n) is 6.39. The van der Waals surface area contributed by atoms with Gasteiger partial charge in [-0.25, -0.2) is 0 Å². The van der Waals surface area contributed by atoms with Crippen LogP contribution in [-0.2, 0) is 0 Å². The number of hydrogen-bond donors (Lipinski definition) is 1. The minimum Gasteiger partial charge on any atom is -0.393 e. The van der Waals surface area contributed by atoms with Crippen molar-refractivity contribution in [2.24, 2.45) is 5.92 Å². The summed E-state index contributed by atoms with van der Waals surface area (Å²) >= 11 is 0. The van der Waals surface area contributed by atoms with Gasteiger partial charge in [0.05, 0.1) is 6.10 Å². The molecule has 4 heteroatoms. The fourth-order valence-corrected chi connectivity index (χ4v) is 3.92. The van der Waals surface area contributed by atoms with Crippen molar-refractivity contribution in [3.63, 3.8) is 0 Å². The monoisotopic (exact) mass is 288 g/mol. The van der Waals surface area contributed by atoms with E-state index in [4.69, 9.17) is 0 Å². The Balaban J connectivity index is 1.84. The highest BCUT2D eigenvalue weighted by atomic mass is 16.3. The molecule has 4 nitrogen and oxygen atoms in total. The van der Waals surface area contributed by atoms with Gasteiger partial charge < -0.3 is 10.0 Å². The Hall–Kier alpha value is -1.42. The van der Waals surface area contributed by atoms with Crippen LogP contribution in [0.5, 0.6) is 0 Å². The molecule has 1 N–H and O–H groups in total. The second-order valence-corrected chi connectivity index (χ2v) is 6.39. The predicted octanol–water partition coefficient (Wildman–Crippen LogP) is 2.55. The standard InChI is InChI=1S/C17H24N2O2/c1-12-6-5-10-18-16(12)17(21)19-11-3-2-8-14(19)13-7-4-9-15(13)20/h5-6,10,13-15,20H,2-4,7-9,11H2,1H3. The van der Waals surface area contributed by atoms with E-state index >= 15 is 0 Å². The molecule has 21 heavy (non-hydrogen) atoms. The highest BCUT2D eigenvalue weighted by Gasteiger charge is 2.39. The van der Waals surface area contributed by atoms with Gasteiger partial charge in [0.2, 0.25) is 0 Å². The molecule has 1 aromatic heterocycles. The third kappa shape index (κ3) is 2.82. The van der Waals surface area contributed by atoms with Gasteiger partial charge in [0.15, 0.2) is 0 Å². The zero-order chi connectivity index (χ0) is 14.8. The smallest absolute Gasteiger partial charge is 0.272 e. The lowest BCUT2D eigenvalue weighted by molar-refractivity contribution is 0.0283. The fraction of sp³-hybridized carbons (Fsp3) is 0.647. The number of aromatic nitrogens is 1. The van der Waals surface area contributed by atoms with E-state index in [0.29, 0.717) is 5.69 Å². The Bertz CT molecular complexity index is 517. The molecule has 0 bridgehead atoms. The summed E-state index contributed by atoms with van der Waals surface area (Å²) in [5.41, 5.74) is 1.50. The van der Waals surface area contributed by atoms with Crippen molar-refractivity contribution in [1.29, 1.82) is 0 Å². The van der Waals surface area contributed by atoms with Gasteiger partial charge in [0, 0.05) is 24.7 Å². The van der Waals surface area contributed by atoms with Crippen molar-refractivity contribution in [3.8, 4) is 0 Å². The summed E-state index contributed by atoms with van der Waals surface area (Å²) in [6, 6.07) is 3.98. The quantitative estimate of drug-likeness (QED) is 0.910. The molecule has 0 radical (unpaired) electrons. The summed E-state index contributed by atoms with van der Waals surface area (Å²) in [7, 11) is 0. The van der Waals surface area contributed by atoms with Crippen LogP contribution in [0.4, 0.5) is 0 Å². The number of carbonyl (C=O) groups excluding carboxylic acids is 1. The summed E-state index contributed by atoms with van der Waals surface area (Å²) in [5.74, 6) is 0.287.